The van der Waals surface area contributed by atoms with Crippen LogP contribution in [0.4, 0.5) is 0 Å². The molecule has 1 atom stereocenters. The molecule has 2 aromatic rings. The highest BCUT2D eigenvalue weighted by Crippen LogP contribution is 2.48. The van der Waals surface area contributed by atoms with Gasteiger partial charge in [-0.25, -0.2) is 4.57 Å². The SMILES string of the molecule is O=P(O)(S)Oc1cccc2ccccc12. The molecule has 0 radical (unpaired) electrons. The Morgan fingerprint density at radius 2 is 1.80 bits per heavy atom. The van der Waals surface area contributed by atoms with Gasteiger partial charge in [0.25, 0.3) is 0 Å². The molecule has 78 valence electrons. The standard InChI is InChI=1S/C10H9O3PS/c11-14(12,15)13-10-7-3-5-8-4-1-2-6-9(8)10/h1-7H,(H2,11,12,15). The van der Waals surface area contributed by atoms with E-state index in [0.717, 1.165) is 10.8 Å². The molecule has 3 nitrogen and oxygen atoms in total. The number of hydrogen-bond donors (Lipinski definition) is 2. The van der Waals surface area contributed by atoms with Crippen molar-refractivity contribution in [1.82, 2.24) is 0 Å². The van der Waals surface area contributed by atoms with Gasteiger partial charge in [-0.1, -0.05) is 36.4 Å². The molecule has 2 rings (SSSR count). The molecule has 0 aromatic heterocycles. The van der Waals surface area contributed by atoms with E-state index in [4.69, 9.17) is 9.42 Å². The van der Waals surface area contributed by atoms with Gasteiger partial charge < -0.3 is 9.42 Å². The fraction of sp³-hybridized carbons (Fsp3) is 0. The van der Waals surface area contributed by atoms with Crippen molar-refractivity contribution < 1.29 is 14.0 Å². The smallest absolute Gasteiger partial charge is 0.417 e. The van der Waals surface area contributed by atoms with Gasteiger partial charge in [-0.2, -0.15) is 0 Å². The number of benzene rings is 2. The molecule has 0 saturated carbocycles. The second-order valence-electron chi connectivity index (χ2n) is 3.06. The summed E-state index contributed by atoms with van der Waals surface area (Å²) in [6.45, 7) is -3.80. The molecule has 1 N–H and O–H groups in total. The predicted octanol–water partition coefficient (Wildman–Crippen LogP) is 3.25. The average Bonchev–Trinajstić information content (AvgIpc) is 2.16. The molecule has 15 heavy (non-hydrogen) atoms. The van der Waals surface area contributed by atoms with Crippen LogP contribution in [0.3, 0.4) is 0 Å². The van der Waals surface area contributed by atoms with E-state index < -0.39 is 6.80 Å². The summed E-state index contributed by atoms with van der Waals surface area (Å²) < 4.78 is 15.9. The van der Waals surface area contributed by atoms with Gasteiger partial charge in [-0.15, -0.1) is 0 Å². The van der Waals surface area contributed by atoms with Crippen molar-refractivity contribution in [3.8, 4) is 5.75 Å². The summed E-state index contributed by atoms with van der Waals surface area (Å²) in [4.78, 5) is 9.03. The minimum Gasteiger partial charge on any atom is -0.417 e. The highest BCUT2D eigenvalue weighted by molar-refractivity contribution is 8.44. The fourth-order valence-electron chi connectivity index (χ4n) is 1.40. The lowest BCUT2D eigenvalue weighted by Gasteiger charge is -2.09. The van der Waals surface area contributed by atoms with Gasteiger partial charge in [0.1, 0.15) is 5.75 Å². The Morgan fingerprint density at radius 1 is 1.13 bits per heavy atom. The maximum absolute atomic E-state index is 11.0. The summed E-state index contributed by atoms with van der Waals surface area (Å²) >= 11 is 3.48. The Hall–Kier alpha value is -0.960. The minimum absolute atomic E-state index is 0.369. The van der Waals surface area contributed by atoms with Crippen LogP contribution in [0.2, 0.25) is 0 Å². The first-order valence-electron chi connectivity index (χ1n) is 4.29. The normalized spacial score (nSPS) is 14.8. The lowest BCUT2D eigenvalue weighted by Crippen LogP contribution is -1.86. The molecule has 0 aliphatic carbocycles. The van der Waals surface area contributed by atoms with Gasteiger partial charge in [0.15, 0.2) is 0 Å². The second-order valence-corrected chi connectivity index (χ2v) is 5.74. The summed E-state index contributed by atoms with van der Waals surface area (Å²) in [5, 5.41) is 1.75. The fourth-order valence-corrected chi connectivity index (χ4v) is 2.08. The molecular formula is C10H9O3PS. The first kappa shape index (κ1) is 10.6. The van der Waals surface area contributed by atoms with Gasteiger partial charge >= 0.3 is 6.80 Å². The maximum atomic E-state index is 11.0. The van der Waals surface area contributed by atoms with Gasteiger partial charge in [-0.05, 0) is 23.7 Å². The van der Waals surface area contributed by atoms with Crippen LogP contribution in [0.5, 0.6) is 5.75 Å². The molecular weight excluding hydrogens is 231 g/mol. The summed E-state index contributed by atoms with van der Waals surface area (Å²) in [6.07, 6.45) is 0. The van der Waals surface area contributed by atoms with Crippen LogP contribution in [-0.2, 0) is 4.57 Å². The molecule has 0 fully saturated rings. The summed E-state index contributed by atoms with van der Waals surface area (Å²) in [7, 11) is 0. The predicted molar refractivity (Wildman–Crippen MR) is 63.4 cm³/mol. The first-order chi connectivity index (χ1) is 7.06. The Bertz CT molecular complexity index is 530. The van der Waals surface area contributed by atoms with E-state index in [2.05, 4.69) is 12.2 Å². The minimum atomic E-state index is -3.80. The van der Waals surface area contributed by atoms with Gasteiger partial charge in [0, 0.05) is 5.39 Å². The molecule has 0 aliphatic heterocycles. The molecule has 2 aromatic carbocycles. The average molecular weight is 240 g/mol. The van der Waals surface area contributed by atoms with E-state index in [1.54, 1.807) is 12.1 Å². The van der Waals surface area contributed by atoms with E-state index in [-0.39, 0.29) is 0 Å². The van der Waals surface area contributed by atoms with E-state index in [9.17, 15) is 4.57 Å². The van der Waals surface area contributed by atoms with Crippen LogP contribution in [0.1, 0.15) is 0 Å². The van der Waals surface area contributed by atoms with Crippen LogP contribution >= 0.6 is 19.0 Å². The lowest BCUT2D eigenvalue weighted by molar-refractivity contribution is 0.405. The molecule has 0 bridgehead atoms. The van der Waals surface area contributed by atoms with Gasteiger partial charge in [0.05, 0.1) is 0 Å². The largest absolute Gasteiger partial charge is 0.434 e. The maximum Gasteiger partial charge on any atom is 0.434 e. The molecule has 0 heterocycles. The Kier molecular flexibility index (Phi) is 2.74. The Morgan fingerprint density at radius 3 is 2.53 bits per heavy atom. The van der Waals surface area contributed by atoms with Crippen molar-refractivity contribution in [3.63, 3.8) is 0 Å². The molecule has 0 aliphatic rings. The highest BCUT2D eigenvalue weighted by Gasteiger charge is 2.14. The van der Waals surface area contributed by atoms with Crippen molar-refractivity contribution in [2.75, 3.05) is 0 Å². The van der Waals surface area contributed by atoms with Crippen molar-refractivity contribution in [2.45, 2.75) is 0 Å². The van der Waals surface area contributed by atoms with Gasteiger partial charge in [-0.3, -0.25) is 0 Å². The molecule has 0 spiro atoms. The van der Waals surface area contributed by atoms with Crippen molar-refractivity contribution in [2.24, 2.45) is 0 Å². The third kappa shape index (κ3) is 2.53. The summed E-state index contributed by atoms with van der Waals surface area (Å²) in [5.74, 6) is 0.369. The van der Waals surface area contributed by atoms with Crippen molar-refractivity contribution >= 4 is 29.8 Å². The lowest BCUT2D eigenvalue weighted by atomic mass is 10.1. The number of hydrogen-bond acceptors (Lipinski definition) is 2. The Balaban J connectivity index is 2.56. The highest BCUT2D eigenvalue weighted by atomic mass is 32.7. The van der Waals surface area contributed by atoms with E-state index >= 15 is 0 Å². The molecule has 0 saturated heterocycles. The Labute approximate surface area is 92.4 Å². The van der Waals surface area contributed by atoms with Gasteiger partial charge in [0.2, 0.25) is 0 Å². The summed E-state index contributed by atoms with van der Waals surface area (Å²) in [5.41, 5.74) is 0. The van der Waals surface area contributed by atoms with Crippen LogP contribution in [0.15, 0.2) is 42.5 Å². The van der Waals surface area contributed by atoms with E-state index in [1.807, 2.05) is 30.3 Å². The van der Waals surface area contributed by atoms with Crippen LogP contribution in [0, 0.1) is 0 Å². The van der Waals surface area contributed by atoms with Crippen LogP contribution < -0.4 is 4.52 Å². The third-order valence-electron chi connectivity index (χ3n) is 1.97. The zero-order chi connectivity index (χ0) is 10.9. The zero-order valence-corrected chi connectivity index (χ0v) is 9.49. The van der Waals surface area contributed by atoms with Crippen molar-refractivity contribution in [3.05, 3.63) is 42.5 Å². The van der Waals surface area contributed by atoms with Crippen LogP contribution in [0.25, 0.3) is 10.8 Å². The van der Waals surface area contributed by atoms with E-state index in [0.29, 0.717) is 5.75 Å². The number of rotatable bonds is 2. The quantitative estimate of drug-likeness (QED) is 0.625. The molecule has 5 heteroatoms. The van der Waals surface area contributed by atoms with E-state index in [1.165, 1.54) is 0 Å². The first-order valence-corrected chi connectivity index (χ1v) is 7.02. The molecule has 0 amide bonds. The topological polar surface area (TPSA) is 46.5 Å². The third-order valence-corrected chi connectivity index (χ3v) is 2.65. The number of fused-ring (bicyclic) bond motifs is 1. The molecule has 1 unspecified atom stereocenters. The second kappa shape index (κ2) is 3.89. The van der Waals surface area contributed by atoms with Crippen molar-refractivity contribution in [1.29, 1.82) is 0 Å². The summed E-state index contributed by atoms with van der Waals surface area (Å²) in [6, 6.07) is 12.8. The van der Waals surface area contributed by atoms with Crippen LogP contribution in [-0.4, -0.2) is 4.89 Å². The number of thiol groups is 1. The monoisotopic (exact) mass is 240 g/mol. The zero-order valence-electron chi connectivity index (χ0n) is 7.70.